The van der Waals surface area contributed by atoms with Gasteiger partial charge in [0.15, 0.2) is 0 Å². The number of hydrogen-bond donors (Lipinski definition) is 3. The van der Waals surface area contributed by atoms with Crippen LogP contribution in [0, 0.1) is 0 Å². The smallest absolute Gasteiger partial charge is 0.238 e. The minimum Gasteiger partial charge on any atom is -0.497 e. The van der Waals surface area contributed by atoms with E-state index in [2.05, 4.69) is 45.3 Å². The summed E-state index contributed by atoms with van der Waals surface area (Å²) in [6, 6.07) is 13.9. The summed E-state index contributed by atoms with van der Waals surface area (Å²) in [5, 5.41) is 3.04. The van der Waals surface area contributed by atoms with Gasteiger partial charge in [0.1, 0.15) is 17.5 Å². The fourth-order valence-electron chi connectivity index (χ4n) is 4.15. The zero-order valence-electron chi connectivity index (χ0n) is 17.6. The Bertz CT molecular complexity index is 865. The monoisotopic (exact) mass is 410 g/mol. The van der Waals surface area contributed by atoms with Gasteiger partial charge in [-0.05, 0) is 43.0 Å². The van der Waals surface area contributed by atoms with Gasteiger partial charge in [-0.1, -0.05) is 18.2 Å². The van der Waals surface area contributed by atoms with E-state index in [1.165, 1.54) is 18.5 Å². The van der Waals surface area contributed by atoms with Gasteiger partial charge < -0.3 is 19.7 Å². The molecule has 0 bridgehead atoms. The van der Waals surface area contributed by atoms with Gasteiger partial charge in [-0.2, -0.15) is 0 Å². The van der Waals surface area contributed by atoms with E-state index in [9.17, 15) is 4.79 Å². The van der Waals surface area contributed by atoms with E-state index in [-0.39, 0.29) is 18.0 Å². The van der Waals surface area contributed by atoms with E-state index in [1.807, 2.05) is 18.2 Å². The van der Waals surface area contributed by atoms with E-state index >= 15 is 0 Å². The summed E-state index contributed by atoms with van der Waals surface area (Å²) in [7, 11) is 3.27. The third kappa shape index (κ3) is 4.52. The van der Waals surface area contributed by atoms with Crippen LogP contribution in [0.3, 0.4) is 0 Å². The minimum absolute atomic E-state index is 0.0126. The Morgan fingerprint density at radius 2 is 1.83 bits per heavy atom. The molecule has 2 aromatic rings. The maximum atomic E-state index is 12.7. The Balaban J connectivity index is 1.31. The normalized spacial score (nSPS) is 20.9. The molecule has 2 heterocycles. The number of carbonyl (C=O) groups excluding carboxylic acids is 1. The molecule has 160 valence electrons. The van der Waals surface area contributed by atoms with Gasteiger partial charge in [-0.15, -0.1) is 0 Å². The van der Waals surface area contributed by atoms with Crippen molar-refractivity contribution < 1.29 is 14.3 Å². The first-order valence-electron chi connectivity index (χ1n) is 10.5. The zero-order valence-corrected chi connectivity index (χ0v) is 17.6. The molecular formula is C23H30N4O3. The van der Waals surface area contributed by atoms with E-state index in [0.717, 1.165) is 35.7 Å². The quantitative estimate of drug-likeness (QED) is 0.651. The van der Waals surface area contributed by atoms with Crippen molar-refractivity contribution >= 4 is 11.6 Å². The molecule has 1 amide bonds. The van der Waals surface area contributed by atoms with Crippen LogP contribution in [-0.2, 0) is 11.3 Å². The Morgan fingerprint density at radius 3 is 2.53 bits per heavy atom. The summed E-state index contributed by atoms with van der Waals surface area (Å²) < 4.78 is 10.8. The molecule has 0 aromatic heterocycles. The highest BCUT2D eigenvalue weighted by molar-refractivity contribution is 5.82. The van der Waals surface area contributed by atoms with Crippen molar-refractivity contribution in [3.8, 4) is 11.5 Å². The van der Waals surface area contributed by atoms with Crippen molar-refractivity contribution in [1.82, 2.24) is 16.2 Å². The number of nitrogens with zero attached hydrogens (tertiary/aromatic N) is 1. The van der Waals surface area contributed by atoms with Gasteiger partial charge in [-0.25, -0.2) is 10.9 Å². The van der Waals surface area contributed by atoms with E-state index in [0.29, 0.717) is 13.0 Å². The minimum atomic E-state index is -0.300. The lowest BCUT2D eigenvalue weighted by atomic mass is 10.0. The lowest BCUT2D eigenvalue weighted by Crippen LogP contribution is -2.42. The zero-order chi connectivity index (χ0) is 20.9. The van der Waals surface area contributed by atoms with Crippen LogP contribution in [-0.4, -0.2) is 39.3 Å². The van der Waals surface area contributed by atoms with Crippen LogP contribution in [0.25, 0.3) is 0 Å². The Morgan fingerprint density at radius 1 is 1.07 bits per heavy atom. The molecule has 2 saturated heterocycles. The number of ether oxygens (including phenoxy) is 2. The molecule has 0 spiro atoms. The number of anilines is 1. The highest BCUT2D eigenvalue weighted by atomic mass is 16.5. The van der Waals surface area contributed by atoms with Crippen LogP contribution in [0.5, 0.6) is 11.5 Å². The number of hydrazine groups is 1. The third-order valence-electron chi connectivity index (χ3n) is 5.91. The maximum absolute atomic E-state index is 12.7. The van der Waals surface area contributed by atoms with E-state index in [1.54, 1.807) is 14.2 Å². The number of hydrogen-bond acceptors (Lipinski definition) is 6. The standard InChI is InChI=1S/C23H30N4O3/c1-29-18-9-10-19(22(13-18)30-2)20-14-21(26-25-20)23(28)24-15-16-5-7-17(8-6-16)27-11-3-4-12-27/h5-10,13,20-21,25-26H,3-4,11-12,14-15H2,1-2H3,(H,24,28). The molecule has 2 aliphatic rings. The molecule has 7 heteroatoms. The van der Waals surface area contributed by atoms with Crippen molar-refractivity contribution in [3.63, 3.8) is 0 Å². The molecule has 0 aliphatic carbocycles. The largest absolute Gasteiger partial charge is 0.497 e. The van der Waals surface area contributed by atoms with Gasteiger partial charge in [0.05, 0.1) is 20.3 Å². The number of carbonyl (C=O) groups is 1. The van der Waals surface area contributed by atoms with Crippen LogP contribution < -0.4 is 30.5 Å². The van der Waals surface area contributed by atoms with Crippen LogP contribution >= 0.6 is 0 Å². The Labute approximate surface area is 177 Å². The average Bonchev–Trinajstić information content (AvgIpc) is 3.50. The van der Waals surface area contributed by atoms with E-state index < -0.39 is 0 Å². The molecule has 2 fully saturated rings. The summed E-state index contributed by atoms with van der Waals surface area (Å²) in [6.45, 7) is 2.79. The lowest BCUT2D eigenvalue weighted by Gasteiger charge is -2.18. The van der Waals surface area contributed by atoms with Crippen molar-refractivity contribution in [2.75, 3.05) is 32.2 Å². The van der Waals surface area contributed by atoms with Crippen molar-refractivity contribution in [2.24, 2.45) is 0 Å². The summed E-state index contributed by atoms with van der Waals surface area (Å²) >= 11 is 0. The Hall–Kier alpha value is -2.77. The molecule has 7 nitrogen and oxygen atoms in total. The second-order valence-corrected chi connectivity index (χ2v) is 7.82. The van der Waals surface area contributed by atoms with Crippen LogP contribution in [0.1, 0.15) is 36.4 Å². The van der Waals surface area contributed by atoms with Gasteiger partial charge in [0.25, 0.3) is 0 Å². The van der Waals surface area contributed by atoms with Crippen molar-refractivity contribution in [2.45, 2.75) is 37.9 Å². The molecular weight excluding hydrogens is 380 g/mol. The fourth-order valence-corrected chi connectivity index (χ4v) is 4.15. The molecule has 2 aromatic carbocycles. The second kappa shape index (κ2) is 9.36. The number of benzene rings is 2. The van der Waals surface area contributed by atoms with Gasteiger partial charge in [0, 0.05) is 37.0 Å². The first-order chi connectivity index (χ1) is 14.7. The molecule has 4 rings (SSSR count). The molecule has 2 unspecified atom stereocenters. The predicted molar refractivity (Wildman–Crippen MR) is 117 cm³/mol. The summed E-state index contributed by atoms with van der Waals surface area (Å²) in [4.78, 5) is 15.1. The molecule has 2 atom stereocenters. The summed E-state index contributed by atoms with van der Waals surface area (Å²) in [5.74, 6) is 1.47. The third-order valence-corrected chi connectivity index (χ3v) is 5.91. The number of rotatable bonds is 7. The molecule has 0 saturated carbocycles. The van der Waals surface area contributed by atoms with Crippen molar-refractivity contribution in [3.05, 3.63) is 53.6 Å². The summed E-state index contributed by atoms with van der Waals surface area (Å²) in [5.41, 5.74) is 9.69. The maximum Gasteiger partial charge on any atom is 0.238 e. The topological polar surface area (TPSA) is 74.9 Å². The SMILES string of the molecule is COc1ccc(C2CC(C(=O)NCc3ccc(N4CCCC4)cc3)NN2)c(OC)c1. The van der Waals surface area contributed by atoms with Crippen LogP contribution in [0.15, 0.2) is 42.5 Å². The molecule has 2 aliphatic heterocycles. The molecule has 3 N–H and O–H groups in total. The van der Waals surface area contributed by atoms with E-state index in [4.69, 9.17) is 9.47 Å². The first-order valence-corrected chi connectivity index (χ1v) is 10.5. The summed E-state index contributed by atoms with van der Waals surface area (Å²) in [6.07, 6.45) is 3.18. The number of nitrogens with one attached hydrogen (secondary N) is 3. The van der Waals surface area contributed by atoms with Crippen molar-refractivity contribution in [1.29, 1.82) is 0 Å². The van der Waals surface area contributed by atoms with Crippen LogP contribution in [0.2, 0.25) is 0 Å². The Kier molecular flexibility index (Phi) is 6.40. The highest BCUT2D eigenvalue weighted by Gasteiger charge is 2.31. The fraction of sp³-hybridized carbons (Fsp3) is 0.435. The molecule has 0 radical (unpaired) electrons. The second-order valence-electron chi connectivity index (χ2n) is 7.82. The lowest BCUT2D eigenvalue weighted by molar-refractivity contribution is -0.123. The first kappa shape index (κ1) is 20.5. The number of methoxy groups -OCH3 is 2. The van der Waals surface area contributed by atoms with Crippen LogP contribution in [0.4, 0.5) is 5.69 Å². The molecule has 30 heavy (non-hydrogen) atoms. The number of amides is 1. The highest BCUT2D eigenvalue weighted by Crippen LogP contribution is 2.33. The van der Waals surface area contributed by atoms with Gasteiger partial charge in [-0.3, -0.25) is 4.79 Å². The average molecular weight is 411 g/mol. The predicted octanol–water partition coefficient (Wildman–Crippen LogP) is 2.53. The van der Waals surface area contributed by atoms with Gasteiger partial charge in [0.2, 0.25) is 5.91 Å². The van der Waals surface area contributed by atoms with Gasteiger partial charge >= 0.3 is 0 Å².